The summed E-state index contributed by atoms with van der Waals surface area (Å²) < 4.78 is 11.5. The highest BCUT2D eigenvalue weighted by Gasteiger charge is 2.29. The van der Waals surface area contributed by atoms with Crippen LogP contribution in [0.15, 0.2) is 36.9 Å². The van der Waals surface area contributed by atoms with Crippen LogP contribution in [-0.2, 0) is 9.53 Å². The van der Waals surface area contributed by atoms with Gasteiger partial charge in [-0.3, -0.25) is 4.79 Å². The zero-order valence-electron chi connectivity index (χ0n) is 19.1. The lowest BCUT2D eigenvalue weighted by molar-refractivity contribution is -0.151. The fourth-order valence-electron chi connectivity index (χ4n) is 4.39. The van der Waals surface area contributed by atoms with E-state index < -0.39 is 0 Å². The molecule has 0 spiro atoms. The van der Waals surface area contributed by atoms with Crippen molar-refractivity contribution in [1.29, 1.82) is 0 Å². The molecule has 0 aromatic heterocycles. The molecular formula is C27H42O3. The second kappa shape index (κ2) is 15.1. The van der Waals surface area contributed by atoms with Crippen LogP contribution in [0.5, 0.6) is 5.75 Å². The average molecular weight is 415 g/mol. The van der Waals surface area contributed by atoms with Crippen LogP contribution in [0.3, 0.4) is 0 Å². The Labute approximate surface area is 184 Å². The molecule has 1 aliphatic rings. The maximum Gasteiger partial charge on any atom is 0.306 e. The first-order valence-corrected chi connectivity index (χ1v) is 12.3. The summed E-state index contributed by atoms with van der Waals surface area (Å²) in [5.74, 6) is 1.15. The smallest absolute Gasteiger partial charge is 0.306 e. The Morgan fingerprint density at radius 3 is 2.27 bits per heavy atom. The third kappa shape index (κ3) is 9.36. The molecule has 2 rings (SSSR count). The number of carbonyl (C=O) groups is 1. The van der Waals surface area contributed by atoms with Crippen molar-refractivity contribution < 1.29 is 14.3 Å². The molecule has 1 saturated carbocycles. The lowest BCUT2D eigenvalue weighted by Gasteiger charge is -2.31. The molecule has 0 saturated heterocycles. The molecular weight excluding hydrogens is 372 g/mol. The van der Waals surface area contributed by atoms with Gasteiger partial charge < -0.3 is 9.47 Å². The van der Waals surface area contributed by atoms with Crippen LogP contribution in [-0.4, -0.2) is 18.7 Å². The van der Waals surface area contributed by atoms with Gasteiger partial charge in [-0.1, -0.05) is 89.5 Å². The number of rotatable bonds is 15. The summed E-state index contributed by atoms with van der Waals surface area (Å²) in [4.78, 5) is 12.4. The van der Waals surface area contributed by atoms with E-state index >= 15 is 0 Å². The third-order valence-corrected chi connectivity index (χ3v) is 6.15. The van der Waals surface area contributed by atoms with Crippen molar-refractivity contribution in [3.8, 4) is 5.75 Å². The standard InChI is InChI=1S/C27H42O3/c1-3-5-6-7-8-9-10-11-12-17-27(28)30-26-16-14-13-15-25(26)23-18-20-24(21-19-23)29-22-4-2/h4,18-21,25-26H,2-3,5-17,22H2,1H3/t25-,26+/m0/s1. The molecule has 0 unspecified atom stereocenters. The summed E-state index contributed by atoms with van der Waals surface area (Å²) >= 11 is 0. The van der Waals surface area contributed by atoms with E-state index in [1.54, 1.807) is 6.08 Å². The van der Waals surface area contributed by atoms with Crippen molar-refractivity contribution in [3.05, 3.63) is 42.5 Å². The number of unbranched alkanes of at least 4 members (excludes halogenated alkanes) is 8. The van der Waals surface area contributed by atoms with Crippen LogP contribution in [0.4, 0.5) is 0 Å². The lowest BCUT2D eigenvalue weighted by atomic mass is 9.81. The predicted octanol–water partition coefficient (Wildman–Crippen LogP) is 7.74. The summed E-state index contributed by atoms with van der Waals surface area (Å²) in [5, 5.41) is 0. The van der Waals surface area contributed by atoms with Crippen molar-refractivity contribution in [2.24, 2.45) is 0 Å². The second-order valence-corrected chi connectivity index (χ2v) is 8.67. The van der Waals surface area contributed by atoms with Gasteiger partial charge in [0, 0.05) is 12.3 Å². The van der Waals surface area contributed by atoms with Crippen molar-refractivity contribution >= 4 is 5.97 Å². The molecule has 1 fully saturated rings. The van der Waals surface area contributed by atoms with Crippen LogP contribution in [0, 0.1) is 0 Å². The molecule has 0 aliphatic heterocycles. The Morgan fingerprint density at radius 1 is 0.967 bits per heavy atom. The van der Waals surface area contributed by atoms with E-state index in [4.69, 9.17) is 9.47 Å². The van der Waals surface area contributed by atoms with E-state index in [1.165, 1.54) is 56.9 Å². The van der Waals surface area contributed by atoms with E-state index in [9.17, 15) is 4.79 Å². The Kier molecular flexibility index (Phi) is 12.3. The van der Waals surface area contributed by atoms with Crippen molar-refractivity contribution in [2.45, 2.75) is 109 Å². The summed E-state index contributed by atoms with van der Waals surface area (Å²) in [5.41, 5.74) is 1.25. The number of esters is 1. The SMILES string of the molecule is C=CCOc1ccc([C@@H]2CCCC[C@H]2OC(=O)CCCCCCCCCCC)cc1. The van der Waals surface area contributed by atoms with Crippen molar-refractivity contribution in [3.63, 3.8) is 0 Å². The summed E-state index contributed by atoms with van der Waals surface area (Å²) in [7, 11) is 0. The van der Waals surface area contributed by atoms with Gasteiger partial charge in [0.05, 0.1) is 0 Å². The van der Waals surface area contributed by atoms with Gasteiger partial charge >= 0.3 is 5.97 Å². The zero-order valence-corrected chi connectivity index (χ0v) is 19.1. The van der Waals surface area contributed by atoms with Crippen LogP contribution in [0.25, 0.3) is 0 Å². The van der Waals surface area contributed by atoms with E-state index in [0.29, 0.717) is 18.9 Å². The normalized spacial score (nSPS) is 18.7. The molecule has 0 radical (unpaired) electrons. The minimum atomic E-state index is -0.0132. The Morgan fingerprint density at radius 2 is 1.60 bits per heavy atom. The van der Waals surface area contributed by atoms with E-state index in [2.05, 4.69) is 25.6 Å². The fourth-order valence-corrected chi connectivity index (χ4v) is 4.39. The molecule has 0 heterocycles. The summed E-state index contributed by atoms with van der Waals surface area (Å²) in [6.45, 7) is 6.45. The molecule has 1 aromatic carbocycles. The number of hydrogen-bond acceptors (Lipinski definition) is 3. The largest absolute Gasteiger partial charge is 0.490 e. The first-order valence-electron chi connectivity index (χ1n) is 12.3. The van der Waals surface area contributed by atoms with Crippen LogP contribution in [0.2, 0.25) is 0 Å². The van der Waals surface area contributed by atoms with Gasteiger partial charge in [-0.15, -0.1) is 0 Å². The van der Waals surface area contributed by atoms with E-state index in [1.807, 2.05) is 12.1 Å². The van der Waals surface area contributed by atoms with Gasteiger partial charge in [-0.25, -0.2) is 0 Å². The van der Waals surface area contributed by atoms with Gasteiger partial charge in [-0.2, -0.15) is 0 Å². The number of hydrogen-bond donors (Lipinski definition) is 0. The summed E-state index contributed by atoms with van der Waals surface area (Å²) in [6, 6.07) is 8.26. The Hall–Kier alpha value is -1.77. The summed E-state index contributed by atoms with van der Waals surface area (Å²) in [6.07, 6.45) is 18.1. The van der Waals surface area contributed by atoms with Crippen molar-refractivity contribution in [1.82, 2.24) is 0 Å². The van der Waals surface area contributed by atoms with Crippen LogP contribution >= 0.6 is 0 Å². The molecule has 2 atom stereocenters. The van der Waals surface area contributed by atoms with Gasteiger partial charge in [-0.05, 0) is 43.4 Å². The maximum atomic E-state index is 12.4. The van der Waals surface area contributed by atoms with Gasteiger partial charge in [0.2, 0.25) is 0 Å². The lowest BCUT2D eigenvalue weighted by Crippen LogP contribution is -2.28. The topological polar surface area (TPSA) is 35.5 Å². The van der Waals surface area contributed by atoms with Gasteiger partial charge in [0.15, 0.2) is 0 Å². The molecule has 3 nitrogen and oxygen atoms in total. The van der Waals surface area contributed by atoms with E-state index in [0.717, 1.165) is 37.9 Å². The first kappa shape index (κ1) is 24.5. The highest BCUT2D eigenvalue weighted by molar-refractivity contribution is 5.69. The van der Waals surface area contributed by atoms with Gasteiger partial charge in [0.1, 0.15) is 18.5 Å². The molecule has 1 aromatic rings. The minimum absolute atomic E-state index is 0.0132. The molecule has 0 bridgehead atoms. The van der Waals surface area contributed by atoms with E-state index in [-0.39, 0.29) is 12.1 Å². The molecule has 0 N–H and O–H groups in total. The fraction of sp³-hybridized carbons (Fsp3) is 0.667. The third-order valence-electron chi connectivity index (χ3n) is 6.15. The van der Waals surface area contributed by atoms with Crippen LogP contribution in [0.1, 0.15) is 108 Å². The first-order chi connectivity index (χ1) is 14.7. The quantitative estimate of drug-likeness (QED) is 0.167. The number of ether oxygens (including phenoxy) is 2. The zero-order chi connectivity index (χ0) is 21.4. The maximum absolute atomic E-state index is 12.4. The Balaban J connectivity index is 1.69. The number of benzene rings is 1. The average Bonchev–Trinajstić information content (AvgIpc) is 2.77. The second-order valence-electron chi connectivity index (χ2n) is 8.67. The van der Waals surface area contributed by atoms with Gasteiger partial charge in [0.25, 0.3) is 0 Å². The molecule has 3 heteroatoms. The molecule has 0 amide bonds. The molecule has 168 valence electrons. The van der Waals surface area contributed by atoms with Crippen LogP contribution < -0.4 is 4.74 Å². The number of carbonyl (C=O) groups excluding carboxylic acids is 1. The highest BCUT2D eigenvalue weighted by Crippen LogP contribution is 2.36. The monoisotopic (exact) mass is 414 g/mol. The highest BCUT2D eigenvalue weighted by atomic mass is 16.5. The molecule has 1 aliphatic carbocycles. The predicted molar refractivity (Wildman–Crippen MR) is 125 cm³/mol. The molecule has 30 heavy (non-hydrogen) atoms. The minimum Gasteiger partial charge on any atom is -0.490 e. The Bertz CT molecular complexity index is 593. The van der Waals surface area contributed by atoms with Crippen molar-refractivity contribution in [2.75, 3.05) is 6.61 Å².